The van der Waals surface area contributed by atoms with Gasteiger partial charge < -0.3 is 9.64 Å². The summed E-state index contributed by atoms with van der Waals surface area (Å²) in [6.07, 6.45) is 1.87. The van der Waals surface area contributed by atoms with E-state index in [4.69, 9.17) is 9.29 Å². The molecule has 0 saturated carbocycles. The molecular weight excluding hydrogens is 334 g/mol. The first kappa shape index (κ1) is 17.1. The Hall–Kier alpha value is -0.760. The van der Waals surface area contributed by atoms with Gasteiger partial charge in [0, 0.05) is 30.3 Å². The standard InChI is InChI=1S/C16H23NO4S2/c18-23(19,20)11-1-2-16-15-4-3-14(12-13(15)5-8-21-16)17-6-9-22-10-7-17/h3-4,12,16H,1-2,5-11H2,(H,18,19,20)/t16-/m0/s1. The third kappa shape index (κ3) is 4.62. The molecule has 0 radical (unpaired) electrons. The molecule has 2 aliphatic heterocycles. The zero-order chi connectivity index (χ0) is 16.3. The highest BCUT2D eigenvalue weighted by atomic mass is 32.2. The van der Waals surface area contributed by atoms with E-state index in [1.54, 1.807) is 0 Å². The van der Waals surface area contributed by atoms with E-state index in [2.05, 4.69) is 23.1 Å². The average Bonchev–Trinajstić information content (AvgIpc) is 2.54. The molecule has 3 rings (SSSR count). The van der Waals surface area contributed by atoms with Crippen LogP contribution in [-0.4, -0.2) is 49.9 Å². The van der Waals surface area contributed by atoms with Crippen LogP contribution in [0.4, 0.5) is 5.69 Å². The molecule has 0 bridgehead atoms. The molecule has 2 heterocycles. The van der Waals surface area contributed by atoms with Gasteiger partial charge in [0.15, 0.2) is 0 Å². The minimum absolute atomic E-state index is 0.0635. The van der Waals surface area contributed by atoms with E-state index < -0.39 is 10.1 Å². The van der Waals surface area contributed by atoms with Crippen LogP contribution in [0.3, 0.4) is 0 Å². The Morgan fingerprint density at radius 3 is 2.83 bits per heavy atom. The summed E-state index contributed by atoms with van der Waals surface area (Å²) in [6, 6.07) is 6.55. The van der Waals surface area contributed by atoms with Gasteiger partial charge in [-0.15, -0.1) is 0 Å². The second-order valence-corrected chi connectivity index (χ2v) is 8.82. The van der Waals surface area contributed by atoms with Crippen LogP contribution < -0.4 is 4.90 Å². The van der Waals surface area contributed by atoms with E-state index >= 15 is 0 Å². The molecule has 7 heteroatoms. The van der Waals surface area contributed by atoms with Crippen molar-refractivity contribution in [2.45, 2.75) is 25.4 Å². The quantitative estimate of drug-likeness (QED) is 0.817. The van der Waals surface area contributed by atoms with Crippen molar-refractivity contribution in [2.75, 3.05) is 41.9 Å². The third-order valence-electron chi connectivity index (χ3n) is 4.41. The van der Waals surface area contributed by atoms with Gasteiger partial charge in [-0.2, -0.15) is 20.2 Å². The van der Waals surface area contributed by atoms with Crippen LogP contribution >= 0.6 is 11.8 Å². The van der Waals surface area contributed by atoms with Crippen molar-refractivity contribution >= 4 is 27.6 Å². The van der Waals surface area contributed by atoms with Gasteiger partial charge in [-0.05, 0) is 42.5 Å². The van der Waals surface area contributed by atoms with E-state index in [1.807, 2.05) is 11.8 Å². The van der Waals surface area contributed by atoms with Crippen molar-refractivity contribution in [1.29, 1.82) is 0 Å². The van der Waals surface area contributed by atoms with Gasteiger partial charge in [0.05, 0.1) is 18.5 Å². The maximum Gasteiger partial charge on any atom is 0.264 e. The molecule has 0 unspecified atom stereocenters. The van der Waals surface area contributed by atoms with Crippen LogP contribution in [0, 0.1) is 0 Å². The van der Waals surface area contributed by atoms with Crippen molar-refractivity contribution < 1.29 is 17.7 Å². The molecule has 0 amide bonds. The van der Waals surface area contributed by atoms with E-state index in [0.717, 1.165) is 19.5 Å². The number of nitrogens with zero attached hydrogens (tertiary/aromatic N) is 1. The summed E-state index contributed by atoms with van der Waals surface area (Å²) in [6.45, 7) is 2.86. The Labute approximate surface area is 142 Å². The molecule has 1 aromatic carbocycles. The van der Waals surface area contributed by atoms with Crippen LogP contribution in [0.2, 0.25) is 0 Å². The predicted molar refractivity (Wildman–Crippen MR) is 94.0 cm³/mol. The van der Waals surface area contributed by atoms with Crippen LogP contribution in [0.25, 0.3) is 0 Å². The number of anilines is 1. The second-order valence-electron chi connectivity index (χ2n) is 6.02. The lowest BCUT2D eigenvalue weighted by molar-refractivity contribution is 0.0362. The molecule has 1 N–H and O–H groups in total. The summed E-state index contributed by atoms with van der Waals surface area (Å²) in [5.41, 5.74) is 3.76. The Morgan fingerprint density at radius 2 is 2.09 bits per heavy atom. The van der Waals surface area contributed by atoms with E-state index in [-0.39, 0.29) is 11.9 Å². The highest BCUT2D eigenvalue weighted by Crippen LogP contribution is 2.33. The number of thioether (sulfide) groups is 1. The number of benzene rings is 1. The zero-order valence-electron chi connectivity index (χ0n) is 13.1. The highest BCUT2D eigenvalue weighted by Gasteiger charge is 2.22. The fourth-order valence-corrected chi connectivity index (χ4v) is 4.67. The second kappa shape index (κ2) is 7.42. The minimum Gasteiger partial charge on any atom is -0.373 e. The SMILES string of the molecule is O=S(=O)(O)CCC[C@@H]1OCCc2cc(N3CCSCC3)ccc21. The molecule has 0 aliphatic carbocycles. The lowest BCUT2D eigenvalue weighted by Gasteiger charge is -2.31. The van der Waals surface area contributed by atoms with Crippen LogP contribution in [-0.2, 0) is 21.3 Å². The lowest BCUT2D eigenvalue weighted by atomic mass is 9.94. The summed E-state index contributed by atoms with van der Waals surface area (Å²) < 4.78 is 36.3. The highest BCUT2D eigenvalue weighted by molar-refractivity contribution is 7.99. The summed E-state index contributed by atoms with van der Waals surface area (Å²) >= 11 is 2.00. The van der Waals surface area contributed by atoms with Gasteiger partial charge >= 0.3 is 0 Å². The first-order valence-electron chi connectivity index (χ1n) is 8.05. The molecule has 0 aromatic heterocycles. The lowest BCUT2D eigenvalue weighted by Crippen LogP contribution is -2.32. The zero-order valence-corrected chi connectivity index (χ0v) is 14.7. The Bertz CT molecular complexity index is 641. The van der Waals surface area contributed by atoms with Crippen LogP contribution in [0.15, 0.2) is 18.2 Å². The number of rotatable bonds is 5. The maximum absolute atomic E-state index is 10.8. The third-order valence-corrected chi connectivity index (χ3v) is 6.16. The average molecular weight is 357 g/mol. The summed E-state index contributed by atoms with van der Waals surface area (Å²) in [4.78, 5) is 2.43. The predicted octanol–water partition coefficient (Wildman–Crippen LogP) is 2.52. The fraction of sp³-hybridized carbons (Fsp3) is 0.625. The van der Waals surface area contributed by atoms with Gasteiger partial charge in [-0.1, -0.05) is 6.07 Å². The first-order chi connectivity index (χ1) is 11.0. The van der Waals surface area contributed by atoms with Crippen molar-refractivity contribution in [1.82, 2.24) is 0 Å². The summed E-state index contributed by atoms with van der Waals surface area (Å²) in [7, 11) is -3.89. The molecule has 23 heavy (non-hydrogen) atoms. The summed E-state index contributed by atoms with van der Waals surface area (Å²) in [5, 5.41) is 0. The summed E-state index contributed by atoms with van der Waals surface area (Å²) in [5.74, 6) is 2.16. The van der Waals surface area contributed by atoms with Gasteiger partial charge in [-0.25, -0.2) is 0 Å². The normalized spacial score (nSPS) is 22.0. The molecular formula is C16H23NO4S2. The van der Waals surface area contributed by atoms with Crippen molar-refractivity contribution in [3.05, 3.63) is 29.3 Å². The first-order valence-corrected chi connectivity index (χ1v) is 10.8. The minimum atomic E-state index is -3.89. The van der Waals surface area contributed by atoms with E-state index in [9.17, 15) is 8.42 Å². The van der Waals surface area contributed by atoms with Crippen molar-refractivity contribution in [2.24, 2.45) is 0 Å². The topological polar surface area (TPSA) is 66.8 Å². The van der Waals surface area contributed by atoms with Crippen molar-refractivity contribution in [3.8, 4) is 0 Å². The largest absolute Gasteiger partial charge is 0.373 e. The molecule has 5 nitrogen and oxygen atoms in total. The van der Waals surface area contributed by atoms with Crippen molar-refractivity contribution in [3.63, 3.8) is 0 Å². The molecule has 128 valence electrons. The van der Waals surface area contributed by atoms with E-state index in [0.29, 0.717) is 19.4 Å². The Morgan fingerprint density at radius 1 is 1.30 bits per heavy atom. The molecule has 1 atom stereocenters. The fourth-order valence-electron chi connectivity index (χ4n) is 3.23. The number of hydrogen-bond donors (Lipinski definition) is 1. The van der Waals surface area contributed by atoms with Crippen LogP contribution in [0.1, 0.15) is 30.1 Å². The number of ether oxygens (including phenoxy) is 1. The van der Waals surface area contributed by atoms with Gasteiger partial charge in [0.2, 0.25) is 0 Å². The Kier molecular flexibility index (Phi) is 5.51. The molecule has 2 aliphatic rings. The van der Waals surface area contributed by atoms with Crippen LogP contribution in [0.5, 0.6) is 0 Å². The number of fused-ring (bicyclic) bond motifs is 1. The molecule has 1 aromatic rings. The molecule has 1 fully saturated rings. The smallest absolute Gasteiger partial charge is 0.264 e. The molecule has 0 spiro atoms. The van der Waals surface area contributed by atoms with Gasteiger partial charge in [-0.3, -0.25) is 4.55 Å². The van der Waals surface area contributed by atoms with Gasteiger partial charge in [0.1, 0.15) is 0 Å². The van der Waals surface area contributed by atoms with Gasteiger partial charge in [0.25, 0.3) is 10.1 Å². The van der Waals surface area contributed by atoms with E-state index in [1.165, 1.54) is 28.3 Å². The number of hydrogen-bond acceptors (Lipinski definition) is 5. The monoisotopic (exact) mass is 357 g/mol. The Balaban J connectivity index is 1.69. The maximum atomic E-state index is 10.8. The molecule has 1 saturated heterocycles.